The van der Waals surface area contributed by atoms with Crippen molar-refractivity contribution in [3.05, 3.63) is 45.9 Å². The Morgan fingerprint density at radius 1 is 1.25 bits per heavy atom. The second kappa shape index (κ2) is 7.11. The molecule has 5 nitrogen and oxygen atoms in total. The number of aromatic nitrogens is 2. The van der Waals surface area contributed by atoms with E-state index in [4.69, 9.17) is 4.74 Å². The third kappa shape index (κ3) is 3.47. The number of amides is 1. The Bertz CT molecular complexity index is 853. The third-order valence-corrected chi connectivity index (χ3v) is 5.34. The van der Waals surface area contributed by atoms with Crippen molar-refractivity contribution in [2.75, 3.05) is 12.4 Å². The number of ether oxygens (including phenoxy) is 1. The lowest BCUT2D eigenvalue weighted by Gasteiger charge is -2.00. The number of methoxy groups -OCH3 is 1. The summed E-state index contributed by atoms with van der Waals surface area (Å²) < 4.78 is 5.15. The number of nitrogens with zero attached hydrogens (tertiary/aromatic N) is 2. The van der Waals surface area contributed by atoms with Crippen molar-refractivity contribution >= 4 is 33.7 Å². The Hall–Kier alpha value is -2.25. The van der Waals surface area contributed by atoms with Crippen molar-refractivity contribution in [1.29, 1.82) is 0 Å². The number of carbonyl (C=O) groups is 1. The van der Waals surface area contributed by atoms with Crippen LogP contribution in [0.5, 0.6) is 5.75 Å². The van der Waals surface area contributed by atoms with Crippen LogP contribution in [0.3, 0.4) is 0 Å². The molecule has 0 aliphatic rings. The van der Waals surface area contributed by atoms with Gasteiger partial charge in [-0.2, -0.15) is 0 Å². The van der Waals surface area contributed by atoms with E-state index in [1.54, 1.807) is 12.5 Å². The quantitative estimate of drug-likeness (QED) is 0.733. The first-order chi connectivity index (χ1) is 11.6. The summed E-state index contributed by atoms with van der Waals surface area (Å²) in [4.78, 5) is 22.3. The van der Waals surface area contributed by atoms with E-state index in [-0.39, 0.29) is 5.91 Å². The minimum absolute atomic E-state index is 0.234. The van der Waals surface area contributed by atoms with Gasteiger partial charge in [-0.05, 0) is 37.6 Å². The summed E-state index contributed by atoms with van der Waals surface area (Å²) >= 11 is 2.93. The fraction of sp³-hybridized carbons (Fsp3) is 0.235. The molecule has 3 rings (SSSR count). The number of hydrogen-bond donors (Lipinski definition) is 1. The zero-order valence-electron chi connectivity index (χ0n) is 13.6. The lowest BCUT2D eigenvalue weighted by atomic mass is 10.2. The molecule has 0 spiro atoms. The van der Waals surface area contributed by atoms with Gasteiger partial charge in [0.05, 0.1) is 12.8 Å². The van der Waals surface area contributed by atoms with Gasteiger partial charge >= 0.3 is 0 Å². The monoisotopic (exact) mass is 359 g/mol. The lowest BCUT2D eigenvalue weighted by molar-refractivity contribution is 0.102. The summed E-state index contributed by atoms with van der Waals surface area (Å²) in [6.45, 7) is 4.06. The number of aryl methyl sites for hydroxylation is 2. The fourth-order valence-corrected chi connectivity index (χ4v) is 3.92. The third-order valence-electron chi connectivity index (χ3n) is 3.52. The SMILES string of the molecule is CCc1nc(NC(=O)c2csc(-c3ccc(OC)cc3)n2)sc1C. The van der Waals surface area contributed by atoms with Gasteiger partial charge in [0.15, 0.2) is 5.13 Å². The Kier molecular flexibility index (Phi) is 4.92. The average Bonchev–Trinajstić information content (AvgIpc) is 3.21. The largest absolute Gasteiger partial charge is 0.497 e. The van der Waals surface area contributed by atoms with E-state index in [0.717, 1.165) is 33.3 Å². The van der Waals surface area contributed by atoms with E-state index in [2.05, 4.69) is 22.2 Å². The predicted molar refractivity (Wildman–Crippen MR) is 98.3 cm³/mol. The van der Waals surface area contributed by atoms with Gasteiger partial charge in [-0.25, -0.2) is 9.97 Å². The predicted octanol–water partition coefficient (Wildman–Crippen LogP) is 4.40. The molecule has 124 valence electrons. The first kappa shape index (κ1) is 16.6. The Labute approximate surface area is 148 Å². The Balaban J connectivity index is 1.75. The molecule has 0 saturated heterocycles. The van der Waals surface area contributed by atoms with Crippen molar-refractivity contribution in [2.45, 2.75) is 20.3 Å². The highest BCUT2D eigenvalue weighted by molar-refractivity contribution is 7.16. The normalized spacial score (nSPS) is 10.6. The number of anilines is 1. The van der Waals surface area contributed by atoms with Gasteiger partial charge in [0, 0.05) is 15.8 Å². The molecule has 0 fully saturated rings. The number of nitrogens with one attached hydrogen (secondary N) is 1. The maximum atomic E-state index is 12.3. The van der Waals surface area contributed by atoms with Gasteiger partial charge in [0.2, 0.25) is 0 Å². The van der Waals surface area contributed by atoms with Gasteiger partial charge in [0.1, 0.15) is 16.5 Å². The zero-order valence-corrected chi connectivity index (χ0v) is 15.3. The van der Waals surface area contributed by atoms with Crippen molar-refractivity contribution in [3.63, 3.8) is 0 Å². The summed E-state index contributed by atoms with van der Waals surface area (Å²) in [7, 11) is 1.63. The molecule has 0 saturated carbocycles. The first-order valence-corrected chi connectivity index (χ1v) is 9.18. The van der Waals surface area contributed by atoms with Crippen LogP contribution in [-0.4, -0.2) is 23.0 Å². The summed E-state index contributed by atoms with van der Waals surface area (Å²) in [5.41, 5.74) is 2.38. The Morgan fingerprint density at radius 2 is 2.00 bits per heavy atom. The molecule has 1 amide bonds. The number of rotatable bonds is 5. The number of hydrogen-bond acceptors (Lipinski definition) is 6. The maximum absolute atomic E-state index is 12.3. The first-order valence-electron chi connectivity index (χ1n) is 7.48. The minimum Gasteiger partial charge on any atom is -0.497 e. The van der Waals surface area contributed by atoms with Crippen LogP contribution in [0, 0.1) is 6.92 Å². The van der Waals surface area contributed by atoms with Crippen molar-refractivity contribution < 1.29 is 9.53 Å². The lowest BCUT2D eigenvalue weighted by Crippen LogP contribution is -2.12. The number of thiazole rings is 2. The molecule has 0 bridgehead atoms. The molecule has 0 aliphatic carbocycles. The van der Waals surface area contributed by atoms with Gasteiger partial charge in [-0.3, -0.25) is 10.1 Å². The van der Waals surface area contributed by atoms with Crippen molar-refractivity contribution in [3.8, 4) is 16.3 Å². The summed E-state index contributed by atoms with van der Waals surface area (Å²) in [5, 5.41) is 6.01. The van der Waals surface area contributed by atoms with Crippen LogP contribution in [0.2, 0.25) is 0 Å². The highest BCUT2D eigenvalue weighted by atomic mass is 32.1. The molecule has 2 aromatic heterocycles. The van der Waals surface area contributed by atoms with Crippen LogP contribution in [0.4, 0.5) is 5.13 Å². The molecular formula is C17H17N3O2S2. The molecule has 0 atom stereocenters. The van der Waals surface area contributed by atoms with E-state index in [1.165, 1.54) is 22.7 Å². The maximum Gasteiger partial charge on any atom is 0.276 e. The molecular weight excluding hydrogens is 342 g/mol. The molecule has 24 heavy (non-hydrogen) atoms. The molecule has 0 aliphatic heterocycles. The highest BCUT2D eigenvalue weighted by Crippen LogP contribution is 2.27. The fourth-order valence-electron chi connectivity index (χ4n) is 2.21. The van der Waals surface area contributed by atoms with Crippen LogP contribution in [-0.2, 0) is 6.42 Å². The molecule has 0 unspecified atom stereocenters. The highest BCUT2D eigenvalue weighted by Gasteiger charge is 2.15. The molecule has 0 radical (unpaired) electrons. The topological polar surface area (TPSA) is 64.1 Å². The van der Waals surface area contributed by atoms with Crippen LogP contribution < -0.4 is 10.1 Å². The van der Waals surface area contributed by atoms with E-state index in [0.29, 0.717) is 10.8 Å². The van der Waals surface area contributed by atoms with Crippen molar-refractivity contribution in [2.24, 2.45) is 0 Å². The van der Waals surface area contributed by atoms with Gasteiger partial charge in [0.25, 0.3) is 5.91 Å². The summed E-state index contributed by atoms with van der Waals surface area (Å²) in [5.74, 6) is 0.557. The molecule has 1 aromatic carbocycles. The molecule has 2 heterocycles. The molecule has 1 N–H and O–H groups in total. The van der Waals surface area contributed by atoms with Crippen molar-refractivity contribution in [1.82, 2.24) is 9.97 Å². The minimum atomic E-state index is -0.234. The summed E-state index contributed by atoms with van der Waals surface area (Å²) in [6.07, 6.45) is 0.858. The van der Waals surface area contributed by atoms with Gasteiger partial charge < -0.3 is 4.74 Å². The average molecular weight is 359 g/mol. The van der Waals surface area contributed by atoms with Crippen LogP contribution in [0.1, 0.15) is 28.0 Å². The van der Waals surface area contributed by atoms with Gasteiger partial charge in [-0.15, -0.1) is 22.7 Å². The number of benzene rings is 1. The standard InChI is InChI=1S/C17H17N3O2S2/c1-4-13-10(2)24-17(19-13)20-15(21)14-9-23-16(18-14)11-5-7-12(22-3)8-6-11/h5-9H,4H2,1-3H3,(H,19,20,21). The summed E-state index contributed by atoms with van der Waals surface area (Å²) in [6, 6.07) is 7.61. The second-order valence-electron chi connectivity index (χ2n) is 5.10. The number of carbonyl (C=O) groups excluding carboxylic acids is 1. The molecule has 7 heteroatoms. The van der Waals surface area contributed by atoms with Crippen LogP contribution in [0.25, 0.3) is 10.6 Å². The van der Waals surface area contributed by atoms with E-state index < -0.39 is 0 Å². The van der Waals surface area contributed by atoms with Crippen LogP contribution in [0.15, 0.2) is 29.6 Å². The smallest absolute Gasteiger partial charge is 0.276 e. The van der Waals surface area contributed by atoms with E-state index in [9.17, 15) is 4.79 Å². The van der Waals surface area contributed by atoms with E-state index >= 15 is 0 Å². The van der Waals surface area contributed by atoms with Gasteiger partial charge in [-0.1, -0.05) is 6.92 Å². The van der Waals surface area contributed by atoms with Crippen LogP contribution >= 0.6 is 22.7 Å². The second-order valence-corrected chi connectivity index (χ2v) is 7.16. The molecule has 3 aromatic rings. The zero-order chi connectivity index (χ0) is 17.1. The Morgan fingerprint density at radius 3 is 2.62 bits per heavy atom. The van der Waals surface area contributed by atoms with E-state index in [1.807, 2.05) is 31.2 Å².